The summed E-state index contributed by atoms with van der Waals surface area (Å²) in [5.74, 6) is 3.42. The molecule has 2 heterocycles. The number of benzene rings is 4. The summed E-state index contributed by atoms with van der Waals surface area (Å²) in [6, 6.07) is 28.5. The normalized spacial score (nSPS) is 10.2. The second-order valence-corrected chi connectivity index (χ2v) is 11.0. The summed E-state index contributed by atoms with van der Waals surface area (Å²) in [5, 5.41) is 25.6. The topological polar surface area (TPSA) is 177 Å². The van der Waals surface area contributed by atoms with Crippen molar-refractivity contribution in [1.29, 1.82) is 10.5 Å². The van der Waals surface area contributed by atoms with Crippen LogP contribution in [0.3, 0.4) is 0 Å². The van der Waals surface area contributed by atoms with E-state index in [1.54, 1.807) is 97.3 Å². The van der Waals surface area contributed by atoms with Crippen LogP contribution in [0.2, 0.25) is 0 Å². The van der Waals surface area contributed by atoms with E-state index in [0.717, 1.165) is 18.2 Å². The van der Waals surface area contributed by atoms with Crippen molar-refractivity contribution in [2.24, 2.45) is 0 Å². The average Bonchev–Trinajstić information content (AvgIpc) is 3.16. The van der Waals surface area contributed by atoms with Gasteiger partial charge in [0.1, 0.15) is 46.6 Å². The minimum Gasteiger partial charge on any atom is -0.495 e. The van der Waals surface area contributed by atoms with Gasteiger partial charge in [-0.05, 0) is 79.2 Å². The Morgan fingerprint density at radius 3 is 1.67 bits per heavy atom. The number of methoxy groups -OCH3 is 2. The third kappa shape index (κ3) is 8.90. The quantitative estimate of drug-likeness (QED) is 0.0941. The van der Waals surface area contributed by atoms with Gasteiger partial charge in [-0.2, -0.15) is 10.5 Å². The van der Waals surface area contributed by atoms with E-state index >= 15 is 0 Å². The fraction of sp³-hybridized carbons (Fsp3) is 0.154. The number of nitriles is 2. The Hall–Kier alpha value is -7.05. The number of pyridine rings is 2. The Morgan fingerprint density at radius 2 is 1.22 bits per heavy atom. The second kappa shape index (κ2) is 16.9. The van der Waals surface area contributed by atoms with Crippen LogP contribution in [0.1, 0.15) is 30.9 Å². The number of fused-ring (bicyclic) bond motifs is 2. The number of anilines is 2. The largest absolute Gasteiger partial charge is 0.495 e. The molecule has 0 unspecified atom stereocenters. The van der Waals surface area contributed by atoms with Gasteiger partial charge in [0, 0.05) is 53.2 Å². The number of ether oxygens (including phenoxy) is 4. The Kier molecular flexibility index (Phi) is 11.7. The lowest BCUT2D eigenvalue weighted by Gasteiger charge is -2.11. The van der Waals surface area contributed by atoms with E-state index in [0.29, 0.717) is 80.0 Å². The molecule has 2 aromatic heterocycles. The molecule has 256 valence electrons. The van der Waals surface area contributed by atoms with Gasteiger partial charge in [0.05, 0.1) is 36.4 Å². The second-order valence-electron chi connectivity index (χ2n) is 11.0. The molecule has 4 aromatic carbocycles. The zero-order valence-electron chi connectivity index (χ0n) is 28.3. The fourth-order valence-corrected chi connectivity index (χ4v) is 4.94. The molecule has 0 saturated heterocycles. The smallest absolute Gasteiger partial charge is 0.319 e. The highest BCUT2D eigenvalue weighted by Gasteiger charge is 2.12. The van der Waals surface area contributed by atoms with Crippen LogP contribution >= 0.6 is 0 Å². The molecule has 0 saturated carbocycles. The van der Waals surface area contributed by atoms with Crippen molar-refractivity contribution in [1.82, 2.24) is 15.3 Å². The maximum Gasteiger partial charge on any atom is 0.319 e. The van der Waals surface area contributed by atoms with Crippen LogP contribution in [0, 0.1) is 22.7 Å². The van der Waals surface area contributed by atoms with Crippen molar-refractivity contribution < 1.29 is 23.7 Å². The van der Waals surface area contributed by atoms with Crippen LogP contribution in [0.15, 0.2) is 97.3 Å². The van der Waals surface area contributed by atoms with Gasteiger partial charge in [0.15, 0.2) is 0 Å². The highest BCUT2D eigenvalue weighted by molar-refractivity contribution is 5.90. The lowest BCUT2D eigenvalue weighted by Crippen LogP contribution is -2.29. The Bertz CT molecular complexity index is 2230. The number of rotatable bonds is 10. The van der Waals surface area contributed by atoms with Gasteiger partial charge in [-0.15, -0.1) is 0 Å². The summed E-state index contributed by atoms with van der Waals surface area (Å²) >= 11 is 0. The number of nitrogen functional groups attached to an aromatic ring is 1. The molecule has 0 aliphatic carbocycles. The van der Waals surface area contributed by atoms with E-state index in [2.05, 4.69) is 39.7 Å². The molecule has 51 heavy (non-hydrogen) atoms. The van der Waals surface area contributed by atoms with E-state index in [9.17, 15) is 15.3 Å². The third-order valence-electron chi connectivity index (χ3n) is 7.55. The molecule has 12 heteroatoms. The first-order valence-electron chi connectivity index (χ1n) is 16.0. The summed E-state index contributed by atoms with van der Waals surface area (Å²) in [4.78, 5) is 20.4. The van der Waals surface area contributed by atoms with Gasteiger partial charge in [-0.1, -0.05) is 13.3 Å². The van der Waals surface area contributed by atoms with Crippen molar-refractivity contribution in [3.05, 3.63) is 108 Å². The van der Waals surface area contributed by atoms with Crippen molar-refractivity contribution in [2.45, 2.75) is 19.8 Å². The zero-order chi connectivity index (χ0) is 36.2. The Labute approximate surface area is 295 Å². The van der Waals surface area contributed by atoms with E-state index in [1.807, 2.05) is 0 Å². The summed E-state index contributed by atoms with van der Waals surface area (Å²) in [5.41, 5.74) is 9.21. The van der Waals surface area contributed by atoms with Gasteiger partial charge in [-0.25, -0.2) is 4.79 Å². The number of aromatic nitrogens is 2. The maximum atomic E-state index is 11.8. The van der Waals surface area contributed by atoms with E-state index in [-0.39, 0.29) is 6.03 Å². The number of hydrogen-bond donors (Lipinski definition) is 3. The summed E-state index contributed by atoms with van der Waals surface area (Å²) < 4.78 is 22.3. The van der Waals surface area contributed by atoms with Crippen LogP contribution in [-0.4, -0.2) is 36.8 Å². The number of nitrogens with two attached hydrogens (primary N) is 1. The number of carbonyl (C=O) groups excluding carboxylic acids is 1. The van der Waals surface area contributed by atoms with Crippen molar-refractivity contribution in [2.75, 3.05) is 31.8 Å². The number of unbranched alkanes of at least 4 members (excludes halogenated alkanes) is 1. The fourth-order valence-electron chi connectivity index (χ4n) is 4.94. The number of nitrogens with one attached hydrogen (secondary N) is 2. The molecule has 0 aliphatic rings. The van der Waals surface area contributed by atoms with Crippen molar-refractivity contribution in [3.63, 3.8) is 0 Å². The molecule has 12 nitrogen and oxygen atoms in total. The maximum absolute atomic E-state index is 11.8. The number of hydrogen-bond acceptors (Lipinski definition) is 10. The molecule has 0 bridgehead atoms. The monoisotopic (exact) mass is 681 g/mol. The first kappa shape index (κ1) is 35.3. The summed E-state index contributed by atoms with van der Waals surface area (Å²) in [7, 11) is 3.04. The van der Waals surface area contributed by atoms with Gasteiger partial charge in [0.25, 0.3) is 0 Å². The number of carbonyl (C=O) groups is 1. The molecule has 0 fully saturated rings. The minimum absolute atomic E-state index is 0.231. The van der Waals surface area contributed by atoms with Gasteiger partial charge in [0.2, 0.25) is 0 Å². The van der Waals surface area contributed by atoms with Crippen LogP contribution in [0.4, 0.5) is 16.2 Å². The number of amides is 2. The van der Waals surface area contributed by atoms with Gasteiger partial charge < -0.3 is 35.3 Å². The highest BCUT2D eigenvalue weighted by Crippen LogP contribution is 2.34. The van der Waals surface area contributed by atoms with E-state index in [4.69, 9.17) is 24.7 Å². The number of urea groups is 1. The van der Waals surface area contributed by atoms with Crippen LogP contribution in [-0.2, 0) is 0 Å². The molecule has 4 N–H and O–H groups in total. The Balaban J connectivity index is 0.000000205. The van der Waals surface area contributed by atoms with Gasteiger partial charge in [-0.3, -0.25) is 9.97 Å². The summed E-state index contributed by atoms with van der Waals surface area (Å²) in [6.45, 7) is 2.72. The lowest BCUT2D eigenvalue weighted by atomic mass is 10.1. The SMILES string of the molecule is CCCCNC(=O)Nc1ccc(Oc2ccnc3cc(OC)c(C#N)cc23)cc1.COc1cc2nccc(Oc3ccc(N)cc3)c2cc1C#N. The molecule has 0 radical (unpaired) electrons. The standard InChI is InChI=1S/C22H22N4O3.C17H13N3O2/c1-3-4-10-25-22(27)26-16-5-7-17(8-6-16)29-20-9-11-24-19-13-21(28-2)15(14-23)12-18(19)20;1-21-17-9-15-14(8-11(17)10-18)16(6-7-20-15)22-13-4-2-12(19)3-5-13/h5-9,11-13H,3-4,10H2,1-2H3,(H2,25,26,27);2-9H,19H2,1H3. The first-order chi connectivity index (χ1) is 24.8. The van der Waals surface area contributed by atoms with Crippen molar-refractivity contribution >= 4 is 39.2 Å². The molecule has 0 spiro atoms. The number of nitrogens with zero attached hydrogens (tertiary/aromatic N) is 4. The molecule has 0 atom stereocenters. The molecule has 6 rings (SSSR count). The van der Waals surface area contributed by atoms with Crippen LogP contribution in [0.25, 0.3) is 21.8 Å². The molecular formula is C39H35N7O5. The molecule has 0 aliphatic heterocycles. The van der Waals surface area contributed by atoms with Crippen LogP contribution < -0.4 is 35.3 Å². The molecular weight excluding hydrogens is 646 g/mol. The van der Waals surface area contributed by atoms with Crippen molar-refractivity contribution in [3.8, 4) is 46.6 Å². The van der Waals surface area contributed by atoms with Gasteiger partial charge >= 0.3 is 6.03 Å². The van der Waals surface area contributed by atoms with E-state index < -0.39 is 0 Å². The zero-order valence-corrected chi connectivity index (χ0v) is 28.3. The average molecular weight is 682 g/mol. The predicted octanol–water partition coefficient (Wildman–Crippen LogP) is 8.32. The Morgan fingerprint density at radius 1 is 0.725 bits per heavy atom. The third-order valence-corrected chi connectivity index (χ3v) is 7.55. The molecule has 2 amide bonds. The lowest BCUT2D eigenvalue weighted by molar-refractivity contribution is 0.252. The van der Waals surface area contributed by atoms with Crippen LogP contribution in [0.5, 0.6) is 34.5 Å². The van der Waals surface area contributed by atoms with E-state index in [1.165, 1.54) is 14.2 Å². The minimum atomic E-state index is -0.231. The first-order valence-corrected chi connectivity index (χ1v) is 16.0. The predicted molar refractivity (Wildman–Crippen MR) is 195 cm³/mol. The molecule has 6 aromatic rings. The highest BCUT2D eigenvalue weighted by atomic mass is 16.5. The summed E-state index contributed by atoms with van der Waals surface area (Å²) in [6.07, 6.45) is 5.26.